The van der Waals surface area contributed by atoms with E-state index in [2.05, 4.69) is 19.8 Å². The zero-order chi connectivity index (χ0) is 35.0. The highest BCUT2D eigenvalue weighted by molar-refractivity contribution is 7.90. The number of nitro benzene ring substituents is 1. The Labute approximate surface area is 292 Å². The van der Waals surface area contributed by atoms with Gasteiger partial charge in [0.25, 0.3) is 21.6 Å². The van der Waals surface area contributed by atoms with Gasteiger partial charge in [0.05, 0.1) is 20.6 Å². The maximum atomic E-state index is 13.3. The van der Waals surface area contributed by atoms with E-state index in [1.807, 2.05) is 44.4 Å². The summed E-state index contributed by atoms with van der Waals surface area (Å²) in [7, 11) is -1.82. The number of hydrogen-bond donors (Lipinski definition) is 2. The van der Waals surface area contributed by atoms with Gasteiger partial charge in [0.2, 0.25) is 0 Å². The molecule has 1 heterocycles. The first-order valence-electron chi connectivity index (χ1n) is 17.0. The maximum absolute atomic E-state index is 13.3. The van der Waals surface area contributed by atoms with Crippen LogP contribution in [0.3, 0.4) is 0 Å². The molecule has 49 heavy (non-hydrogen) atoms. The Balaban J connectivity index is 1.26. The fourth-order valence-corrected chi connectivity index (χ4v) is 9.23. The van der Waals surface area contributed by atoms with Gasteiger partial charge < -0.3 is 15.1 Å². The number of amides is 1. The number of sulfonamides is 1. The number of benzene rings is 3. The van der Waals surface area contributed by atoms with Gasteiger partial charge in [0, 0.05) is 47.1 Å². The molecule has 1 amide bonds. The standard InChI is InChI=1S/C36H47N5O6S2/c1-39(2)23-9-6-10-29(27-48(45)31-11-4-3-5-12-31)37-33-18-17-32(26-34(33)41(43)44)49(46,47)38-35(42)28-13-15-30(16-14-28)40-24-21-36(22-25-40)19-7-8-20-36/h3-5,11-18,26,29,37H,6-10,19-25,27H2,1-2H3,(H,38,42)/t29-,48?/m1/s1. The molecule has 3 aromatic rings. The summed E-state index contributed by atoms with van der Waals surface area (Å²) >= 11 is 0. The third kappa shape index (κ3) is 9.67. The van der Waals surface area contributed by atoms with E-state index >= 15 is 0 Å². The second-order valence-corrected chi connectivity index (χ2v) is 16.8. The van der Waals surface area contributed by atoms with E-state index in [9.17, 15) is 27.5 Å². The molecule has 2 N–H and O–H groups in total. The lowest BCUT2D eigenvalue weighted by Crippen LogP contribution is -2.38. The van der Waals surface area contributed by atoms with Crippen LogP contribution in [0.5, 0.6) is 0 Å². The predicted molar refractivity (Wildman–Crippen MR) is 194 cm³/mol. The molecule has 13 heteroatoms. The molecule has 1 saturated carbocycles. The topological polar surface area (TPSA) is 142 Å². The number of carbonyl (C=O) groups excluding carboxylic acids is 1. The first-order chi connectivity index (χ1) is 23.4. The van der Waals surface area contributed by atoms with Gasteiger partial charge in [0.15, 0.2) is 0 Å². The lowest BCUT2D eigenvalue weighted by molar-refractivity contribution is -0.384. The molecule has 0 aromatic heterocycles. The smallest absolute Gasteiger partial charge is 0.293 e. The number of hydrogen-bond acceptors (Lipinski definition) is 9. The molecule has 0 radical (unpaired) electrons. The number of carbonyl (C=O) groups is 1. The zero-order valence-corrected chi connectivity index (χ0v) is 29.9. The van der Waals surface area contributed by atoms with Gasteiger partial charge in [-0.3, -0.25) is 19.1 Å². The summed E-state index contributed by atoms with van der Waals surface area (Å²) in [6.07, 6.45) is 9.89. The minimum absolute atomic E-state index is 0.116. The lowest BCUT2D eigenvalue weighted by atomic mass is 9.77. The van der Waals surface area contributed by atoms with E-state index in [0.29, 0.717) is 16.7 Å². The Morgan fingerprint density at radius 2 is 1.65 bits per heavy atom. The second-order valence-electron chi connectivity index (χ2n) is 13.6. The van der Waals surface area contributed by atoms with E-state index in [4.69, 9.17) is 0 Å². The van der Waals surface area contributed by atoms with Gasteiger partial charge >= 0.3 is 0 Å². The van der Waals surface area contributed by atoms with E-state index in [-0.39, 0.29) is 23.0 Å². The number of nitro groups is 1. The van der Waals surface area contributed by atoms with Crippen molar-refractivity contribution < 1.29 is 22.3 Å². The van der Waals surface area contributed by atoms with E-state index < -0.39 is 42.2 Å². The fourth-order valence-electron chi connectivity index (χ4n) is 6.97. The van der Waals surface area contributed by atoms with Crippen LogP contribution < -0.4 is 14.9 Å². The largest absolute Gasteiger partial charge is 0.376 e. The first kappa shape index (κ1) is 36.5. The highest BCUT2D eigenvalue weighted by Crippen LogP contribution is 2.46. The molecular formula is C36H47N5O6S2. The summed E-state index contributed by atoms with van der Waals surface area (Å²) < 4.78 is 41.8. The van der Waals surface area contributed by atoms with Crippen LogP contribution in [0.2, 0.25) is 0 Å². The average molecular weight is 710 g/mol. The van der Waals surface area contributed by atoms with Gasteiger partial charge in [-0.05, 0) is 113 Å². The predicted octanol–water partition coefficient (Wildman–Crippen LogP) is 6.19. The second kappa shape index (κ2) is 16.3. The number of nitrogens with zero attached hydrogens (tertiary/aromatic N) is 3. The number of unbranched alkanes of at least 4 members (excludes halogenated alkanes) is 1. The molecule has 1 unspecified atom stereocenters. The summed E-state index contributed by atoms with van der Waals surface area (Å²) in [5.41, 5.74) is 1.32. The normalized spacial score (nSPS) is 17.2. The van der Waals surface area contributed by atoms with Crippen LogP contribution in [-0.4, -0.2) is 73.9 Å². The molecular weight excluding hydrogens is 663 g/mol. The number of piperidine rings is 1. The van der Waals surface area contributed by atoms with Crippen molar-refractivity contribution in [3.05, 3.63) is 88.5 Å². The molecule has 1 spiro atoms. The summed E-state index contributed by atoms with van der Waals surface area (Å²) in [5, 5.41) is 15.3. The fraction of sp³-hybridized carbons (Fsp3) is 0.472. The Bertz CT molecular complexity index is 1720. The molecule has 2 aliphatic rings. The Morgan fingerprint density at radius 3 is 2.29 bits per heavy atom. The molecule has 3 aromatic carbocycles. The Hall–Kier alpha value is -3.81. The van der Waals surface area contributed by atoms with Crippen molar-refractivity contribution in [2.75, 3.05) is 49.7 Å². The van der Waals surface area contributed by atoms with Crippen molar-refractivity contribution in [3.8, 4) is 0 Å². The first-order valence-corrected chi connectivity index (χ1v) is 19.8. The van der Waals surface area contributed by atoms with Crippen LogP contribution in [0.4, 0.5) is 17.1 Å². The van der Waals surface area contributed by atoms with Gasteiger partial charge in [0.1, 0.15) is 5.69 Å². The van der Waals surface area contributed by atoms with E-state index in [1.54, 1.807) is 24.3 Å². The molecule has 264 valence electrons. The Morgan fingerprint density at radius 1 is 0.980 bits per heavy atom. The van der Waals surface area contributed by atoms with Crippen molar-refractivity contribution in [3.63, 3.8) is 0 Å². The van der Waals surface area contributed by atoms with E-state index in [1.165, 1.54) is 50.7 Å². The van der Waals surface area contributed by atoms with Crippen molar-refractivity contribution in [2.45, 2.75) is 73.6 Å². The molecule has 1 saturated heterocycles. The molecule has 5 rings (SSSR count). The number of nitrogens with one attached hydrogen (secondary N) is 2. The van der Waals surface area contributed by atoms with Gasteiger partial charge in [-0.25, -0.2) is 13.1 Å². The number of anilines is 2. The SMILES string of the molecule is CN(C)CCCC[C@H](CS(=O)c1ccccc1)Nc1ccc(S(=O)(=O)NC(=O)c2ccc(N3CCC4(CCCC4)CC3)cc2)cc1[N+](=O)[O-]. The molecule has 0 bridgehead atoms. The quantitative estimate of drug-likeness (QED) is 0.107. The summed E-state index contributed by atoms with van der Waals surface area (Å²) in [5.74, 6) is -0.600. The highest BCUT2D eigenvalue weighted by atomic mass is 32.2. The van der Waals surface area contributed by atoms with Gasteiger partial charge in [-0.15, -0.1) is 0 Å². The van der Waals surface area contributed by atoms with Crippen molar-refractivity contribution in [1.82, 2.24) is 9.62 Å². The van der Waals surface area contributed by atoms with Crippen molar-refractivity contribution in [1.29, 1.82) is 0 Å². The van der Waals surface area contributed by atoms with Gasteiger partial charge in [-0.1, -0.05) is 37.5 Å². The maximum Gasteiger partial charge on any atom is 0.293 e. The van der Waals surface area contributed by atoms with Gasteiger partial charge in [-0.2, -0.15) is 0 Å². The van der Waals surface area contributed by atoms with Crippen LogP contribution in [0.1, 0.15) is 68.1 Å². The summed E-state index contributed by atoms with van der Waals surface area (Å²) in [6, 6.07) is 19.0. The molecule has 1 aliphatic carbocycles. The molecule has 2 atom stereocenters. The van der Waals surface area contributed by atoms with Crippen LogP contribution in [-0.2, 0) is 20.8 Å². The highest BCUT2D eigenvalue weighted by Gasteiger charge is 2.37. The monoisotopic (exact) mass is 709 g/mol. The lowest BCUT2D eigenvalue weighted by Gasteiger charge is -2.40. The van der Waals surface area contributed by atoms with Crippen LogP contribution >= 0.6 is 0 Å². The van der Waals surface area contributed by atoms with Crippen LogP contribution in [0.15, 0.2) is 82.6 Å². The average Bonchev–Trinajstić information content (AvgIpc) is 3.54. The third-order valence-electron chi connectivity index (χ3n) is 9.81. The minimum Gasteiger partial charge on any atom is -0.376 e. The molecule has 1 aliphatic heterocycles. The zero-order valence-electron chi connectivity index (χ0n) is 28.3. The third-order valence-corrected chi connectivity index (χ3v) is 12.6. The van der Waals surface area contributed by atoms with Crippen LogP contribution in [0.25, 0.3) is 0 Å². The summed E-state index contributed by atoms with van der Waals surface area (Å²) in [4.78, 5) is 29.2. The van der Waals surface area contributed by atoms with Crippen molar-refractivity contribution in [2.24, 2.45) is 5.41 Å². The van der Waals surface area contributed by atoms with E-state index in [0.717, 1.165) is 44.2 Å². The Kier molecular flexibility index (Phi) is 12.1. The number of rotatable bonds is 15. The van der Waals surface area contributed by atoms with Crippen molar-refractivity contribution >= 4 is 43.8 Å². The minimum atomic E-state index is -4.43. The summed E-state index contributed by atoms with van der Waals surface area (Å²) in [6.45, 7) is 2.80. The molecule has 2 fully saturated rings. The molecule has 11 nitrogen and oxygen atoms in total. The van der Waals surface area contributed by atoms with Crippen LogP contribution in [0, 0.1) is 15.5 Å².